The molecule has 0 fully saturated rings. The molecular formula is C14H14NO5PS. The van der Waals surface area contributed by atoms with Crippen LogP contribution < -0.4 is 14.4 Å². The number of ether oxygens (including phenoxy) is 2. The van der Waals surface area contributed by atoms with Crippen LogP contribution in [0, 0.1) is 5.16 Å². The van der Waals surface area contributed by atoms with Crippen molar-refractivity contribution in [3.63, 3.8) is 0 Å². The highest BCUT2D eigenvalue weighted by Gasteiger charge is 2.29. The minimum absolute atomic E-state index is 0.416. The molecule has 0 aliphatic heterocycles. The van der Waals surface area contributed by atoms with Crippen LogP contribution in [0.4, 0.5) is 0 Å². The molecule has 0 aliphatic rings. The van der Waals surface area contributed by atoms with E-state index in [1.54, 1.807) is 60.7 Å². The molecule has 1 unspecified atom stereocenters. The third-order valence-electron chi connectivity index (χ3n) is 2.62. The summed E-state index contributed by atoms with van der Waals surface area (Å²) in [4.78, 5) is 11.0. The molecule has 0 saturated heterocycles. The van der Waals surface area contributed by atoms with E-state index < -0.39 is 28.6 Å². The Hall–Kier alpha value is -1.95. The Kier molecular flexibility index (Phi) is 5.49. The van der Waals surface area contributed by atoms with Gasteiger partial charge < -0.3 is 14.4 Å². The SMILES string of the molecule is N=[P+]([O-])S(=O)(=O)CC(Oc1ccccc1)Oc1ccccc1. The zero-order valence-electron chi connectivity index (χ0n) is 11.5. The zero-order chi connectivity index (χ0) is 16.0. The topological polar surface area (TPSA) is 99.5 Å². The molecule has 0 amide bonds. The van der Waals surface area contributed by atoms with Crippen molar-refractivity contribution in [2.45, 2.75) is 6.29 Å². The van der Waals surface area contributed by atoms with Crippen molar-refractivity contribution in [3.05, 3.63) is 60.7 Å². The average molecular weight is 339 g/mol. The van der Waals surface area contributed by atoms with Crippen molar-refractivity contribution >= 4 is 16.6 Å². The van der Waals surface area contributed by atoms with Gasteiger partial charge in [0.1, 0.15) is 11.5 Å². The molecule has 0 heterocycles. The Morgan fingerprint density at radius 3 is 1.73 bits per heavy atom. The van der Waals surface area contributed by atoms with Gasteiger partial charge in [-0.1, -0.05) is 36.4 Å². The van der Waals surface area contributed by atoms with E-state index in [1.807, 2.05) is 0 Å². The monoisotopic (exact) mass is 339 g/mol. The molecule has 22 heavy (non-hydrogen) atoms. The third kappa shape index (κ3) is 4.80. The Morgan fingerprint density at radius 1 is 0.955 bits per heavy atom. The molecule has 2 rings (SSSR count). The van der Waals surface area contributed by atoms with E-state index in [-0.39, 0.29) is 0 Å². The molecule has 0 bridgehead atoms. The molecule has 2 aromatic carbocycles. The van der Waals surface area contributed by atoms with Crippen LogP contribution in [0.5, 0.6) is 11.5 Å². The fraction of sp³-hybridized carbons (Fsp3) is 0.143. The lowest BCUT2D eigenvalue weighted by atomic mass is 10.3. The van der Waals surface area contributed by atoms with Crippen LogP contribution in [0.25, 0.3) is 0 Å². The predicted octanol–water partition coefficient (Wildman–Crippen LogP) is 2.32. The Balaban J connectivity index is 2.18. The van der Waals surface area contributed by atoms with Gasteiger partial charge in [-0.25, -0.2) is 0 Å². The van der Waals surface area contributed by atoms with Gasteiger partial charge in [0.2, 0.25) is 0 Å². The van der Waals surface area contributed by atoms with Crippen molar-refractivity contribution in [2.75, 3.05) is 5.75 Å². The fourth-order valence-electron chi connectivity index (χ4n) is 1.63. The van der Waals surface area contributed by atoms with E-state index in [0.717, 1.165) is 0 Å². The molecule has 0 spiro atoms. The van der Waals surface area contributed by atoms with Gasteiger partial charge in [0.15, 0.2) is 5.75 Å². The van der Waals surface area contributed by atoms with Gasteiger partial charge in [0.05, 0.1) is 0 Å². The summed E-state index contributed by atoms with van der Waals surface area (Å²) < 4.78 is 34.4. The molecule has 0 aliphatic carbocycles. The summed E-state index contributed by atoms with van der Waals surface area (Å²) in [5, 5.41) is 6.94. The molecule has 8 heteroatoms. The van der Waals surface area contributed by atoms with E-state index in [4.69, 9.17) is 14.6 Å². The van der Waals surface area contributed by atoms with Gasteiger partial charge in [-0.3, -0.25) is 0 Å². The number of nitrogens with one attached hydrogen (secondary N) is 1. The van der Waals surface area contributed by atoms with Crippen LogP contribution in [0.15, 0.2) is 60.7 Å². The van der Waals surface area contributed by atoms with Crippen molar-refractivity contribution in [1.29, 1.82) is 5.16 Å². The first-order valence-electron chi connectivity index (χ1n) is 6.32. The summed E-state index contributed by atoms with van der Waals surface area (Å²) in [6.45, 7) is 0. The first kappa shape index (κ1) is 16.4. The third-order valence-corrected chi connectivity index (χ3v) is 5.78. The van der Waals surface area contributed by atoms with Crippen molar-refractivity contribution in [1.82, 2.24) is 0 Å². The second-order valence-corrected chi connectivity index (χ2v) is 8.97. The summed E-state index contributed by atoms with van der Waals surface area (Å²) >= 11 is 0. The molecule has 0 aromatic heterocycles. The van der Waals surface area contributed by atoms with Gasteiger partial charge in [0.25, 0.3) is 13.4 Å². The first-order chi connectivity index (χ1) is 10.5. The lowest BCUT2D eigenvalue weighted by Gasteiger charge is -2.19. The summed E-state index contributed by atoms with van der Waals surface area (Å²) in [5.41, 5.74) is 0. The molecular weight excluding hydrogens is 325 g/mol. The number of rotatable bonds is 7. The number of benzene rings is 2. The minimum atomic E-state index is -4.11. The highest BCUT2D eigenvalue weighted by atomic mass is 32.8. The Labute approximate surface area is 129 Å². The van der Waals surface area contributed by atoms with Crippen molar-refractivity contribution < 1.29 is 22.8 Å². The maximum Gasteiger partial charge on any atom is 0.332 e. The maximum atomic E-state index is 11.7. The van der Waals surface area contributed by atoms with E-state index >= 15 is 0 Å². The molecule has 6 nitrogen and oxygen atoms in total. The summed E-state index contributed by atoms with van der Waals surface area (Å²) in [5.74, 6) is 0.160. The molecule has 0 saturated carbocycles. The normalized spacial score (nSPS) is 12.0. The summed E-state index contributed by atoms with van der Waals surface area (Å²) in [7, 11) is -7.22. The number of hydrogen-bond acceptors (Lipinski definition) is 6. The number of para-hydroxylation sites is 2. The largest absolute Gasteiger partial charge is 0.598 e. The van der Waals surface area contributed by atoms with Gasteiger partial charge in [-0.2, -0.15) is 8.42 Å². The Morgan fingerprint density at radius 2 is 1.36 bits per heavy atom. The van der Waals surface area contributed by atoms with Gasteiger partial charge in [-0.05, 0) is 24.3 Å². The van der Waals surface area contributed by atoms with E-state index in [2.05, 4.69) is 0 Å². The average Bonchev–Trinajstić information content (AvgIpc) is 2.48. The van der Waals surface area contributed by atoms with Gasteiger partial charge >= 0.3 is 9.46 Å². The predicted molar refractivity (Wildman–Crippen MR) is 81.4 cm³/mol. The van der Waals surface area contributed by atoms with Gasteiger partial charge in [-0.15, -0.1) is 5.16 Å². The molecule has 2 aromatic rings. The van der Waals surface area contributed by atoms with Crippen molar-refractivity contribution in [2.24, 2.45) is 0 Å². The number of hydrogen-bond donors (Lipinski definition) is 1. The van der Waals surface area contributed by atoms with E-state index in [9.17, 15) is 13.3 Å². The smallest absolute Gasteiger partial charge is 0.332 e. The van der Waals surface area contributed by atoms with Crippen LogP contribution in [-0.2, 0) is 9.46 Å². The van der Waals surface area contributed by atoms with E-state index in [1.165, 1.54) is 0 Å². The lowest BCUT2D eigenvalue weighted by molar-refractivity contribution is -0.151. The van der Waals surface area contributed by atoms with Crippen molar-refractivity contribution in [3.8, 4) is 11.5 Å². The maximum absolute atomic E-state index is 11.7. The molecule has 1 atom stereocenters. The zero-order valence-corrected chi connectivity index (χ0v) is 13.2. The molecule has 0 radical (unpaired) electrons. The van der Waals surface area contributed by atoms with Crippen LogP contribution in [0.1, 0.15) is 0 Å². The van der Waals surface area contributed by atoms with Crippen LogP contribution in [0.3, 0.4) is 0 Å². The fourth-order valence-corrected chi connectivity index (χ4v) is 3.02. The van der Waals surface area contributed by atoms with Gasteiger partial charge in [0, 0.05) is 0 Å². The van der Waals surface area contributed by atoms with Crippen LogP contribution in [-0.4, -0.2) is 20.5 Å². The minimum Gasteiger partial charge on any atom is -0.598 e. The highest BCUT2D eigenvalue weighted by Crippen LogP contribution is 2.24. The molecule has 116 valence electrons. The standard InChI is InChI=1S/C14H14NO5PS/c15-21(16)22(17,18)11-14(19-12-7-3-1-4-8-12)20-13-9-5-2-6-10-13/h1-10,14-15H,11H2. The quantitative estimate of drug-likeness (QED) is 0.616. The summed E-state index contributed by atoms with van der Waals surface area (Å²) in [6.07, 6.45) is -1.20. The second-order valence-electron chi connectivity index (χ2n) is 4.30. The first-order valence-corrected chi connectivity index (χ1v) is 9.84. The second kappa shape index (κ2) is 7.35. The lowest BCUT2D eigenvalue weighted by Crippen LogP contribution is -2.32. The summed E-state index contributed by atoms with van der Waals surface area (Å²) in [6, 6.07) is 17.1. The van der Waals surface area contributed by atoms with E-state index in [0.29, 0.717) is 11.5 Å². The van der Waals surface area contributed by atoms with Crippen LogP contribution in [0.2, 0.25) is 0 Å². The highest BCUT2D eigenvalue weighted by molar-refractivity contribution is 8.44. The Bertz CT molecular complexity index is 680. The van der Waals surface area contributed by atoms with Crippen LogP contribution >= 0.6 is 7.14 Å². The molecule has 1 N–H and O–H groups in total.